The largest absolute Gasteiger partial charge is 0.379 e. The number of nitrogens with two attached hydrogens (primary N) is 1. The third-order valence-electron chi connectivity index (χ3n) is 4.19. The van der Waals surface area contributed by atoms with E-state index in [4.69, 9.17) is 10.5 Å². The van der Waals surface area contributed by atoms with Crippen molar-refractivity contribution in [3.05, 3.63) is 29.8 Å². The van der Waals surface area contributed by atoms with Crippen LogP contribution in [-0.2, 0) is 9.53 Å². The van der Waals surface area contributed by atoms with Crippen LogP contribution >= 0.6 is 0 Å². The summed E-state index contributed by atoms with van der Waals surface area (Å²) in [5.41, 5.74) is 7.87. The number of nitrogens with zero attached hydrogens (tertiary/aromatic N) is 1. The average molecular weight is 305 g/mol. The van der Waals surface area contributed by atoms with Crippen molar-refractivity contribution < 1.29 is 9.53 Å². The standard InChI is InChI=1S/C17H27N3O2/c1-3-4-16(18)17(21)19-15-7-5-14(6-8-15)13(2)20-9-11-22-12-10-20/h5-8,13,16H,3-4,9-12,18H2,1-2H3,(H,19,21). The lowest BCUT2D eigenvalue weighted by Gasteiger charge is -2.32. The van der Waals surface area contributed by atoms with Gasteiger partial charge in [0, 0.05) is 24.8 Å². The van der Waals surface area contributed by atoms with Gasteiger partial charge in [-0.2, -0.15) is 0 Å². The van der Waals surface area contributed by atoms with E-state index in [1.807, 2.05) is 19.1 Å². The molecule has 5 nitrogen and oxygen atoms in total. The first kappa shape index (κ1) is 16.9. The minimum absolute atomic E-state index is 0.115. The molecule has 1 saturated heterocycles. The molecule has 5 heteroatoms. The molecule has 0 bridgehead atoms. The molecule has 1 heterocycles. The van der Waals surface area contributed by atoms with Gasteiger partial charge in [0.15, 0.2) is 0 Å². The molecule has 0 aromatic heterocycles. The van der Waals surface area contributed by atoms with E-state index in [2.05, 4.69) is 29.3 Å². The van der Waals surface area contributed by atoms with Crippen LogP contribution in [0.4, 0.5) is 5.69 Å². The molecule has 0 saturated carbocycles. The average Bonchev–Trinajstić information content (AvgIpc) is 2.56. The maximum Gasteiger partial charge on any atom is 0.241 e. The maximum atomic E-state index is 11.9. The Labute approximate surface area is 132 Å². The van der Waals surface area contributed by atoms with Gasteiger partial charge in [0.05, 0.1) is 19.3 Å². The summed E-state index contributed by atoms with van der Waals surface area (Å²) in [6.45, 7) is 7.75. The topological polar surface area (TPSA) is 67.6 Å². The van der Waals surface area contributed by atoms with E-state index >= 15 is 0 Å². The van der Waals surface area contributed by atoms with Crippen LogP contribution in [0, 0.1) is 0 Å². The fraction of sp³-hybridized carbons (Fsp3) is 0.588. The Morgan fingerprint density at radius 1 is 1.32 bits per heavy atom. The lowest BCUT2D eigenvalue weighted by atomic mass is 10.1. The highest BCUT2D eigenvalue weighted by molar-refractivity contribution is 5.94. The highest BCUT2D eigenvalue weighted by atomic mass is 16.5. The molecule has 22 heavy (non-hydrogen) atoms. The fourth-order valence-corrected chi connectivity index (χ4v) is 2.70. The van der Waals surface area contributed by atoms with E-state index in [1.54, 1.807) is 0 Å². The first-order chi connectivity index (χ1) is 10.6. The van der Waals surface area contributed by atoms with Crippen molar-refractivity contribution in [2.45, 2.75) is 38.8 Å². The van der Waals surface area contributed by atoms with Crippen molar-refractivity contribution in [3.8, 4) is 0 Å². The van der Waals surface area contributed by atoms with E-state index in [0.29, 0.717) is 12.5 Å². The summed E-state index contributed by atoms with van der Waals surface area (Å²) in [6, 6.07) is 7.96. The van der Waals surface area contributed by atoms with E-state index in [9.17, 15) is 4.79 Å². The number of rotatable bonds is 6. The molecule has 1 fully saturated rings. The maximum absolute atomic E-state index is 11.9. The van der Waals surface area contributed by atoms with Gasteiger partial charge in [-0.3, -0.25) is 9.69 Å². The second-order valence-electron chi connectivity index (χ2n) is 5.83. The highest BCUT2D eigenvalue weighted by Crippen LogP contribution is 2.22. The van der Waals surface area contributed by atoms with Crippen molar-refractivity contribution in [1.82, 2.24) is 4.90 Å². The summed E-state index contributed by atoms with van der Waals surface area (Å²) in [7, 11) is 0. The highest BCUT2D eigenvalue weighted by Gasteiger charge is 2.18. The summed E-state index contributed by atoms with van der Waals surface area (Å²) < 4.78 is 5.39. The Bertz CT molecular complexity index is 469. The minimum atomic E-state index is -0.433. The molecular weight excluding hydrogens is 278 g/mol. The lowest BCUT2D eigenvalue weighted by Crippen LogP contribution is -2.38. The molecule has 1 aliphatic heterocycles. The number of anilines is 1. The van der Waals surface area contributed by atoms with Gasteiger partial charge >= 0.3 is 0 Å². The van der Waals surface area contributed by atoms with Crippen molar-refractivity contribution in [2.24, 2.45) is 5.73 Å². The van der Waals surface area contributed by atoms with Crippen LogP contribution in [0.3, 0.4) is 0 Å². The zero-order chi connectivity index (χ0) is 15.9. The third-order valence-corrected chi connectivity index (χ3v) is 4.19. The smallest absolute Gasteiger partial charge is 0.241 e. The molecule has 1 aliphatic rings. The minimum Gasteiger partial charge on any atom is -0.379 e. The number of ether oxygens (including phenoxy) is 1. The van der Waals surface area contributed by atoms with Gasteiger partial charge in [-0.05, 0) is 31.0 Å². The third kappa shape index (κ3) is 4.53. The van der Waals surface area contributed by atoms with E-state index < -0.39 is 6.04 Å². The Morgan fingerprint density at radius 2 is 1.95 bits per heavy atom. The first-order valence-corrected chi connectivity index (χ1v) is 8.10. The second kappa shape index (κ2) is 8.27. The van der Waals surface area contributed by atoms with Crippen LogP contribution in [0.2, 0.25) is 0 Å². The van der Waals surface area contributed by atoms with E-state index in [-0.39, 0.29) is 5.91 Å². The lowest BCUT2D eigenvalue weighted by molar-refractivity contribution is -0.117. The van der Waals surface area contributed by atoms with Gasteiger partial charge in [0.2, 0.25) is 5.91 Å². The normalized spacial score (nSPS) is 18.7. The molecule has 2 atom stereocenters. The molecule has 3 N–H and O–H groups in total. The van der Waals surface area contributed by atoms with Crippen LogP contribution in [0.1, 0.15) is 38.3 Å². The van der Waals surface area contributed by atoms with Gasteiger partial charge in [-0.15, -0.1) is 0 Å². The number of hydrogen-bond acceptors (Lipinski definition) is 4. The van der Waals surface area contributed by atoms with Crippen LogP contribution in [0.5, 0.6) is 0 Å². The van der Waals surface area contributed by atoms with Crippen molar-refractivity contribution in [3.63, 3.8) is 0 Å². The Kier molecular flexibility index (Phi) is 6.36. The van der Waals surface area contributed by atoms with Crippen molar-refractivity contribution in [2.75, 3.05) is 31.6 Å². The van der Waals surface area contributed by atoms with Crippen molar-refractivity contribution in [1.29, 1.82) is 0 Å². The molecule has 1 aromatic rings. The van der Waals surface area contributed by atoms with Crippen LogP contribution in [0.25, 0.3) is 0 Å². The number of benzene rings is 1. The number of amides is 1. The summed E-state index contributed by atoms with van der Waals surface area (Å²) in [5, 5.41) is 2.87. The zero-order valence-corrected chi connectivity index (χ0v) is 13.5. The number of carbonyl (C=O) groups excluding carboxylic acids is 1. The predicted octanol–water partition coefficient (Wildman–Crippen LogP) is 2.15. The van der Waals surface area contributed by atoms with Gasteiger partial charge in [0.25, 0.3) is 0 Å². The molecule has 0 spiro atoms. The fourth-order valence-electron chi connectivity index (χ4n) is 2.70. The molecule has 1 aromatic carbocycles. The van der Waals surface area contributed by atoms with Crippen molar-refractivity contribution >= 4 is 11.6 Å². The Hall–Kier alpha value is -1.43. The summed E-state index contributed by atoms with van der Waals surface area (Å²) in [5.74, 6) is -0.115. The molecule has 1 amide bonds. The molecule has 0 aliphatic carbocycles. The first-order valence-electron chi connectivity index (χ1n) is 8.10. The summed E-state index contributed by atoms with van der Waals surface area (Å²) >= 11 is 0. The number of nitrogens with one attached hydrogen (secondary N) is 1. The number of morpholine rings is 1. The Balaban J connectivity index is 1.93. The number of hydrogen-bond donors (Lipinski definition) is 2. The second-order valence-corrected chi connectivity index (χ2v) is 5.83. The van der Waals surface area contributed by atoms with Crippen LogP contribution < -0.4 is 11.1 Å². The van der Waals surface area contributed by atoms with Crippen LogP contribution in [0.15, 0.2) is 24.3 Å². The van der Waals surface area contributed by atoms with E-state index in [0.717, 1.165) is 38.4 Å². The molecular formula is C17H27N3O2. The van der Waals surface area contributed by atoms with Gasteiger partial charge in [-0.25, -0.2) is 0 Å². The van der Waals surface area contributed by atoms with Gasteiger partial charge < -0.3 is 15.8 Å². The zero-order valence-electron chi connectivity index (χ0n) is 13.5. The molecule has 2 rings (SSSR count). The molecule has 2 unspecified atom stereocenters. The van der Waals surface area contributed by atoms with Gasteiger partial charge in [0.1, 0.15) is 0 Å². The van der Waals surface area contributed by atoms with Crippen LogP contribution in [-0.4, -0.2) is 43.2 Å². The summed E-state index contributed by atoms with van der Waals surface area (Å²) in [6.07, 6.45) is 1.61. The summed E-state index contributed by atoms with van der Waals surface area (Å²) in [4.78, 5) is 14.3. The quantitative estimate of drug-likeness (QED) is 0.845. The SMILES string of the molecule is CCCC(N)C(=O)Nc1ccc(C(C)N2CCOCC2)cc1. The van der Waals surface area contributed by atoms with E-state index in [1.165, 1.54) is 5.56 Å². The molecule has 122 valence electrons. The Morgan fingerprint density at radius 3 is 2.55 bits per heavy atom. The van der Waals surface area contributed by atoms with Gasteiger partial charge in [-0.1, -0.05) is 25.5 Å². The molecule has 0 radical (unpaired) electrons. The predicted molar refractivity (Wildman–Crippen MR) is 88.8 cm³/mol. The monoisotopic (exact) mass is 305 g/mol. The number of carbonyl (C=O) groups is 1.